The van der Waals surface area contributed by atoms with Crippen molar-refractivity contribution in [1.82, 2.24) is 19.7 Å². The molecule has 2 aromatic heterocycles. The molecule has 1 atom stereocenters. The normalized spacial score (nSPS) is 11.8. The van der Waals surface area contributed by atoms with Crippen LogP contribution in [0.1, 0.15) is 18.1 Å². The number of nitrogens with zero attached hydrogens (tertiary/aromatic N) is 4. The van der Waals surface area contributed by atoms with Gasteiger partial charge in [-0.3, -0.25) is 14.3 Å². The number of allylic oxidation sites excluding steroid dienone is 1. The van der Waals surface area contributed by atoms with E-state index in [1.807, 2.05) is 55.7 Å². The molecule has 7 heteroatoms. The summed E-state index contributed by atoms with van der Waals surface area (Å²) >= 11 is 1.37. The first-order valence-electron chi connectivity index (χ1n) is 8.99. The summed E-state index contributed by atoms with van der Waals surface area (Å²) in [6.07, 6.45) is 5.25. The molecule has 144 valence electrons. The van der Waals surface area contributed by atoms with Gasteiger partial charge in [-0.1, -0.05) is 30.0 Å². The van der Waals surface area contributed by atoms with E-state index in [0.717, 1.165) is 22.4 Å². The van der Waals surface area contributed by atoms with Crippen LogP contribution in [0.3, 0.4) is 0 Å². The zero-order valence-electron chi connectivity index (χ0n) is 16.2. The minimum atomic E-state index is -0.338. The third-order valence-electron chi connectivity index (χ3n) is 4.25. The van der Waals surface area contributed by atoms with Gasteiger partial charge in [0.1, 0.15) is 0 Å². The number of thioether (sulfide) groups is 1. The number of carbonyl (C=O) groups is 1. The second-order valence-corrected chi connectivity index (χ2v) is 7.82. The van der Waals surface area contributed by atoms with E-state index in [4.69, 9.17) is 0 Å². The number of hydrogen-bond acceptors (Lipinski definition) is 5. The average Bonchev–Trinajstić information content (AvgIpc) is 3.08. The SMILES string of the molecule is C=CCn1c(S[C@H](C)C(=O)Nc2cc(C)ccc2C)nnc1-c1cccnc1. The quantitative estimate of drug-likeness (QED) is 0.480. The third-order valence-corrected chi connectivity index (χ3v) is 5.33. The Morgan fingerprint density at radius 2 is 2.14 bits per heavy atom. The van der Waals surface area contributed by atoms with Crippen molar-refractivity contribution >= 4 is 23.4 Å². The first-order valence-corrected chi connectivity index (χ1v) is 9.87. The van der Waals surface area contributed by atoms with Crippen LogP contribution in [-0.2, 0) is 11.3 Å². The minimum Gasteiger partial charge on any atom is -0.325 e. The summed E-state index contributed by atoms with van der Waals surface area (Å²) in [7, 11) is 0. The highest BCUT2D eigenvalue weighted by Crippen LogP contribution is 2.27. The minimum absolute atomic E-state index is 0.0743. The fourth-order valence-corrected chi connectivity index (χ4v) is 3.55. The number of carbonyl (C=O) groups excluding carboxylic acids is 1. The summed E-state index contributed by atoms with van der Waals surface area (Å²) in [5, 5.41) is 11.9. The number of pyridine rings is 1. The van der Waals surface area contributed by atoms with E-state index in [0.29, 0.717) is 17.5 Å². The zero-order chi connectivity index (χ0) is 20.1. The van der Waals surface area contributed by atoms with Crippen molar-refractivity contribution in [2.45, 2.75) is 37.7 Å². The maximum Gasteiger partial charge on any atom is 0.237 e. The first kappa shape index (κ1) is 19.8. The molecule has 0 aliphatic heterocycles. The summed E-state index contributed by atoms with van der Waals surface area (Å²) in [6, 6.07) is 9.80. The maximum atomic E-state index is 12.7. The lowest BCUT2D eigenvalue weighted by Crippen LogP contribution is -2.23. The Labute approximate surface area is 169 Å². The molecule has 0 aliphatic rings. The molecular weight excluding hydrogens is 370 g/mol. The Balaban J connectivity index is 1.79. The Hall–Kier alpha value is -2.93. The maximum absolute atomic E-state index is 12.7. The van der Waals surface area contributed by atoms with Crippen molar-refractivity contribution < 1.29 is 4.79 Å². The van der Waals surface area contributed by atoms with Crippen LogP contribution in [0, 0.1) is 13.8 Å². The number of amides is 1. The molecule has 0 fully saturated rings. The molecule has 3 aromatic rings. The molecule has 0 saturated carbocycles. The van der Waals surface area contributed by atoms with Crippen molar-refractivity contribution in [3.05, 3.63) is 66.5 Å². The van der Waals surface area contributed by atoms with Crippen LogP contribution in [0.4, 0.5) is 5.69 Å². The number of aromatic nitrogens is 4. The molecule has 0 spiro atoms. The molecule has 0 saturated heterocycles. The summed E-state index contributed by atoms with van der Waals surface area (Å²) in [5.41, 5.74) is 3.84. The van der Waals surface area contributed by atoms with Crippen molar-refractivity contribution in [2.75, 3.05) is 5.32 Å². The van der Waals surface area contributed by atoms with Gasteiger partial charge in [0.25, 0.3) is 0 Å². The van der Waals surface area contributed by atoms with Crippen LogP contribution in [0.5, 0.6) is 0 Å². The van der Waals surface area contributed by atoms with Crippen LogP contribution in [0.2, 0.25) is 0 Å². The fourth-order valence-electron chi connectivity index (χ4n) is 2.69. The highest BCUT2D eigenvalue weighted by Gasteiger charge is 2.21. The monoisotopic (exact) mass is 393 g/mol. The molecule has 6 nitrogen and oxygen atoms in total. The van der Waals surface area contributed by atoms with Gasteiger partial charge in [0.2, 0.25) is 5.91 Å². The van der Waals surface area contributed by atoms with Gasteiger partial charge < -0.3 is 5.32 Å². The predicted octanol–water partition coefficient (Wildman–Crippen LogP) is 4.26. The average molecular weight is 394 g/mol. The predicted molar refractivity (Wildman–Crippen MR) is 113 cm³/mol. The molecule has 1 aromatic carbocycles. The van der Waals surface area contributed by atoms with E-state index >= 15 is 0 Å². The molecule has 0 bridgehead atoms. The summed E-state index contributed by atoms with van der Waals surface area (Å²) in [6.45, 7) is 10.2. The lowest BCUT2D eigenvalue weighted by atomic mass is 10.1. The van der Waals surface area contributed by atoms with Gasteiger partial charge in [-0.15, -0.1) is 16.8 Å². The van der Waals surface area contributed by atoms with Gasteiger partial charge in [-0.05, 0) is 50.1 Å². The topological polar surface area (TPSA) is 72.7 Å². The molecule has 1 amide bonds. The van der Waals surface area contributed by atoms with Crippen LogP contribution in [0.25, 0.3) is 11.4 Å². The Bertz CT molecular complexity index is 984. The van der Waals surface area contributed by atoms with Gasteiger partial charge >= 0.3 is 0 Å². The van der Waals surface area contributed by atoms with E-state index in [9.17, 15) is 4.79 Å². The van der Waals surface area contributed by atoms with Gasteiger partial charge in [0, 0.05) is 30.2 Å². The Kier molecular flexibility index (Phi) is 6.26. The molecule has 3 rings (SSSR count). The van der Waals surface area contributed by atoms with E-state index in [2.05, 4.69) is 27.1 Å². The van der Waals surface area contributed by atoms with Crippen LogP contribution in [-0.4, -0.2) is 30.9 Å². The molecule has 1 N–H and O–H groups in total. The number of nitrogens with one attached hydrogen (secondary N) is 1. The summed E-state index contributed by atoms with van der Waals surface area (Å²) in [5.74, 6) is 0.632. The highest BCUT2D eigenvalue weighted by molar-refractivity contribution is 8.00. The van der Waals surface area contributed by atoms with Gasteiger partial charge in [-0.2, -0.15) is 0 Å². The molecule has 0 radical (unpaired) electrons. The number of aryl methyl sites for hydroxylation is 2. The summed E-state index contributed by atoms with van der Waals surface area (Å²) < 4.78 is 1.94. The molecule has 2 heterocycles. The molecule has 0 unspecified atom stereocenters. The third kappa shape index (κ3) is 4.48. The van der Waals surface area contributed by atoms with Crippen molar-refractivity contribution in [3.63, 3.8) is 0 Å². The van der Waals surface area contributed by atoms with Crippen molar-refractivity contribution in [3.8, 4) is 11.4 Å². The zero-order valence-corrected chi connectivity index (χ0v) is 17.0. The van der Waals surface area contributed by atoms with E-state index in [1.165, 1.54) is 11.8 Å². The van der Waals surface area contributed by atoms with Crippen LogP contribution < -0.4 is 5.32 Å². The lowest BCUT2D eigenvalue weighted by molar-refractivity contribution is -0.115. The molecular formula is C21H23N5OS. The fraction of sp³-hybridized carbons (Fsp3) is 0.238. The number of anilines is 1. The number of rotatable bonds is 7. The largest absolute Gasteiger partial charge is 0.325 e. The number of benzene rings is 1. The first-order chi connectivity index (χ1) is 13.5. The van der Waals surface area contributed by atoms with Crippen LogP contribution >= 0.6 is 11.8 Å². The van der Waals surface area contributed by atoms with Gasteiger partial charge in [-0.25, -0.2) is 0 Å². The van der Waals surface area contributed by atoms with E-state index in [1.54, 1.807) is 18.5 Å². The second-order valence-electron chi connectivity index (χ2n) is 6.51. The number of hydrogen-bond donors (Lipinski definition) is 1. The standard InChI is InChI=1S/C21H23N5OS/c1-5-11-26-19(17-7-6-10-22-13-17)24-25-21(26)28-16(4)20(27)23-18-12-14(2)8-9-15(18)3/h5-10,12-13,16H,1,11H2,2-4H3,(H,23,27)/t16-/m1/s1. The van der Waals surface area contributed by atoms with Gasteiger partial charge in [0.15, 0.2) is 11.0 Å². The Morgan fingerprint density at radius 1 is 1.32 bits per heavy atom. The molecule has 0 aliphatic carbocycles. The van der Waals surface area contributed by atoms with Crippen molar-refractivity contribution in [2.24, 2.45) is 0 Å². The second kappa shape index (κ2) is 8.84. The van der Waals surface area contributed by atoms with Crippen molar-refractivity contribution in [1.29, 1.82) is 0 Å². The van der Waals surface area contributed by atoms with E-state index in [-0.39, 0.29) is 11.2 Å². The lowest BCUT2D eigenvalue weighted by Gasteiger charge is -2.14. The summed E-state index contributed by atoms with van der Waals surface area (Å²) in [4.78, 5) is 16.9. The Morgan fingerprint density at radius 3 is 2.86 bits per heavy atom. The van der Waals surface area contributed by atoms with E-state index < -0.39 is 0 Å². The highest BCUT2D eigenvalue weighted by atomic mass is 32.2. The van der Waals surface area contributed by atoms with Crippen LogP contribution in [0.15, 0.2) is 60.5 Å². The van der Waals surface area contributed by atoms with Gasteiger partial charge in [0.05, 0.1) is 5.25 Å². The molecule has 28 heavy (non-hydrogen) atoms. The smallest absolute Gasteiger partial charge is 0.237 e.